The van der Waals surface area contributed by atoms with Gasteiger partial charge in [0.1, 0.15) is 0 Å². The van der Waals surface area contributed by atoms with E-state index in [0.717, 1.165) is 10.9 Å². The van der Waals surface area contributed by atoms with Crippen molar-refractivity contribution in [3.8, 4) is 0 Å². The van der Waals surface area contributed by atoms with Crippen molar-refractivity contribution in [1.29, 1.82) is 0 Å². The summed E-state index contributed by atoms with van der Waals surface area (Å²) < 4.78 is 0. The first-order valence-electron chi connectivity index (χ1n) is 5.51. The largest absolute Gasteiger partial charge is 0.481 e. The molecule has 0 aliphatic carbocycles. The predicted octanol–water partition coefficient (Wildman–Crippen LogP) is 1.08. The molecule has 0 spiro atoms. The number of rotatable bonds is 4. The van der Waals surface area contributed by atoms with Crippen LogP contribution in [0.15, 0.2) is 18.3 Å². The molecule has 6 heteroatoms. The van der Waals surface area contributed by atoms with Crippen LogP contribution in [-0.2, 0) is 4.79 Å². The maximum Gasteiger partial charge on any atom is 0.305 e. The summed E-state index contributed by atoms with van der Waals surface area (Å²) in [5.41, 5.74) is 2.09. The maximum atomic E-state index is 11.9. The number of aromatic nitrogens is 2. The minimum Gasteiger partial charge on any atom is -0.481 e. The summed E-state index contributed by atoms with van der Waals surface area (Å²) in [5, 5.41) is 18.6. The molecule has 3 N–H and O–H groups in total. The van der Waals surface area contributed by atoms with Crippen LogP contribution < -0.4 is 5.32 Å². The third-order valence-electron chi connectivity index (χ3n) is 2.56. The Morgan fingerprint density at radius 2 is 2.22 bits per heavy atom. The summed E-state index contributed by atoms with van der Waals surface area (Å²) in [6.45, 7) is 2.00. The number of fused-ring (bicyclic) bond motifs is 1. The average molecular weight is 247 g/mol. The van der Waals surface area contributed by atoms with Gasteiger partial charge in [-0.25, -0.2) is 0 Å². The Bertz CT molecular complexity index is 604. The van der Waals surface area contributed by atoms with Gasteiger partial charge < -0.3 is 10.4 Å². The molecule has 0 fully saturated rings. The molecule has 0 aliphatic heterocycles. The van der Waals surface area contributed by atoms with E-state index in [9.17, 15) is 9.59 Å². The van der Waals surface area contributed by atoms with Crippen molar-refractivity contribution in [2.45, 2.75) is 13.3 Å². The van der Waals surface area contributed by atoms with Crippen molar-refractivity contribution >= 4 is 22.8 Å². The zero-order chi connectivity index (χ0) is 13.1. The Morgan fingerprint density at radius 1 is 1.44 bits per heavy atom. The number of carboxylic acid groups (broad SMARTS) is 1. The monoisotopic (exact) mass is 247 g/mol. The van der Waals surface area contributed by atoms with Crippen molar-refractivity contribution in [2.75, 3.05) is 6.54 Å². The summed E-state index contributed by atoms with van der Waals surface area (Å²) in [6.07, 6.45) is 1.56. The molecule has 0 atom stereocenters. The summed E-state index contributed by atoms with van der Waals surface area (Å²) in [7, 11) is 0. The summed E-state index contributed by atoms with van der Waals surface area (Å²) in [6, 6.07) is 3.67. The molecule has 2 aromatic rings. The number of hydrogen-bond acceptors (Lipinski definition) is 3. The SMILES string of the molecule is Cc1cc(C(=O)NCCC(=O)O)c2[nH]ncc2c1. The molecular formula is C12H13N3O3. The highest BCUT2D eigenvalue weighted by atomic mass is 16.4. The fourth-order valence-corrected chi connectivity index (χ4v) is 1.76. The van der Waals surface area contributed by atoms with E-state index in [4.69, 9.17) is 5.11 Å². The van der Waals surface area contributed by atoms with Gasteiger partial charge in [0.25, 0.3) is 5.91 Å². The second-order valence-electron chi connectivity index (χ2n) is 4.05. The number of aliphatic carboxylic acids is 1. The van der Waals surface area contributed by atoms with E-state index in [1.165, 1.54) is 0 Å². The quantitative estimate of drug-likeness (QED) is 0.753. The Labute approximate surface area is 103 Å². The Balaban J connectivity index is 2.21. The molecule has 0 saturated heterocycles. The van der Waals surface area contributed by atoms with E-state index >= 15 is 0 Å². The number of aryl methyl sites for hydroxylation is 1. The molecule has 0 bridgehead atoms. The van der Waals surface area contributed by atoms with E-state index in [1.807, 2.05) is 13.0 Å². The fraction of sp³-hybridized carbons (Fsp3) is 0.250. The van der Waals surface area contributed by atoms with Crippen LogP contribution in [0.5, 0.6) is 0 Å². The van der Waals surface area contributed by atoms with Crippen LogP contribution in [0.25, 0.3) is 10.9 Å². The van der Waals surface area contributed by atoms with Crippen LogP contribution in [0.2, 0.25) is 0 Å². The predicted molar refractivity (Wildman–Crippen MR) is 65.4 cm³/mol. The van der Waals surface area contributed by atoms with Gasteiger partial charge >= 0.3 is 5.97 Å². The van der Waals surface area contributed by atoms with Gasteiger partial charge in [-0.3, -0.25) is 14.7 Å². The number of carbonyl (C=O) groups excluding carboxylic acids is 1. The Kier molecular flexibility index (Phi) is 3.27. The first-order chi connectivity index (χ1) is 8.58. The van der Waals surface area contributed by atoms with Gasteiger partial charge in [0.2, 0.25) is 0 Å². The van der Waals surface area contributed by atoms with Gasteiger partial charge in [-0.15, -0.1) is 0 Å². The number of aromatic amines is 1. The standard InChI is InChI=1S/C12H13N3O3/c1-7-4-8-6-14-15-11(8)9(5-7)12(18)13-3-2-10(16)17/h4-6H,2-3H2,1H3,(H,13,18)(H,14,15)(H,16,17). The average Bonchev–Trinajstić information content (AvgIpc) is 2.74. The molecule has 0 unspecified atom stereocenters. The van der Waals surface area contributed by atoms with Gasteiger partial charge in [0, 0.05) is 11.9 Å². The lowest BCUT2D eigenvalue weighted by atomic mass is 10.1. The lowest BCUT2D eigenvalue weighted by Crippen LogP contribution is -2.26. The lowest BCUT2D eigenvalue weighted by Gasteiger charge is -2.05. The van der Waals surface area contributed by atoms with Crippen molar-refractivity contribution in [1.82, 2.24) is 15.5 Å². The Hall–Kier alpha value is -2.37. The molecule has 1 amide bonds. The number of carboxylic acids is 1. The Morgan fingerprint density at radius 3 is 2.94 bits per heavy atom. The van der Waals surface area contributed by atoms with Crippen molar-refractivity contribution in [3.05, 3.63) is 29.5 Å². The fourth-order valence-electron chi connectivity index (χ4n) is 1.76. The van der Waals surface area contributed by atoms with Crippen LogP contribution in [0, 0.1) is 6.92 Å². The number of carbonyl (C=O) groups is 2. The van der Waals surface area contributed by atoms with Crippen LogP contribution in [0.1, 0.15) is 22.3 Å². The highest BCUT2D eigenvalue weighted by Crippen LogP contribution is 2.18. The second-order valence-corrected chi connectivity index (χ2v) is 4.05. The van der Waals surface area contributed by atoms with E-state index in [-0.39, 0.29) is 18.9 Å². The summed E-state index contributed by atoms with van der Waals surface area (Å²) in [5.74, 6) is -1.24. The molecule has 1 aromatic heterocycles. The number of nitrogens with zero attached hydrogens (tertiary/aromatic N) is 1. The maximum absolute atomic E-state index is 11.9. The van der Waals surface area contributed by atoms with Gasteiger partial charge in [-0.05, 0) is 24.6 Å². The van der Waals surface area contributed by atoms with Gasteiger partial charge in [0.15, 0.2) is 0 Å². The van der Waals surface area contributed by atoms with Gasteiger partial charge in [0.05, 0.1) is 23.7 Å². The molecule has 1 aromatic carbocycles. The number of amides is 1. The first kappa shape index (κ1) is 12.1. The van der Waals surface area contributed by atoms with E-state index < -0.39 is 5.97 Å². The molecule has 0 saturated carbocycles. The second kappa shape index (κ2) is 4.87. The number of nitrogens with one attached hydrogen (secondary N) is 2. The molecule has 2 rings (SSSR count). The highest BCUT2D eigenvalue weighted by molar-refractivity contribution is 6.05. The van der Waals surface area contributed by atoms with Crippen LogP contribution >= 0.6 is 0 Å². The molecule has 94 valence electrons. The van der Waals surface area contributed by atoms with E-state index in [0.29, 0.717) is 11.1 Å². The zero-order valence-electron chi connectivity index (χ0n) is 9.86. The lowest BCUT2D eigenvalue weighted by molar-refractivity contribution is -0.136. The van der Waals surface area contributed by atoms with Gasteiger partial charge in [-0.2, -0.15) is 5.10 Å². The zero-order valence-corrected chi connectivity index (χ0v) is 9.86. The van der Waals surface area contributed by atoms with Crippen molar-refractivity contribution < 1.29 is 14.7 Å². The first-order valence-corrected chi connectivity index (χ1v) is 5.51. The molecule has 1 heterocycles. The van der Waals surface area contributed by atoms with E-state index in [1.54, 1.807) is 12.3 Å². The third kappa shape index (κ3) is 2.48. The minimum absolute atomic E-state index is 0.0936. The van der Waals surface area contributed by atoms with Crippen LogP contribution in [0.4, 0.5) is 0 Å². The van der Waals surface area contributed by atoms with Crippen LogP contribution in [0.3, 0.4) is 0 Å². The topological polar surface area (TPSA) is 95.1 Å². The molecule has 6 nitrogen and oxygen atoms in total. The number of benzene rings is 1. The molecule has 18 heavy (non-hydrogen) atoms. The molecule has 0 radical (unpaired) electrons. The van der Waals surface area contributed by atoms with Crippen molar-refractivity contribution in [2.24, 2.45) is 0 Å². The van der Waals surface area contributed by atoms with E-state index in [2.05, 4.69) is 15.5 Å². The normalized spacial score (nSPS) is 10.5. The third-order valence-corrected chi connectivity index (χ3v) is 2.56. The smallest absolute Gasteiger partial charge is 0.305 e. The summed E-state index contributed by atoms with van der Waals surface area (Å²) in [4.78, 5) is 22.3. The number of hydrogen-bond donors (Lipinski definition) is 3. The van der Waals surface area contributed by atoms with Crippen LogP contribution in [-0.4, -0.2) is 33.7 Å². The van der Waals surface area contributed by atoms with Gasteiger partial charge in [-0.1, -0.05) is 0 Å². The summed E-state index contributed by atoms with van der Waals surface area (Å²) >= 11 is 0. The van der Waals surface area contributed by atoms with Crippen molar-refractivity contribution in [3.63, 3.8) is 0 Å². The number of H-pyrrole nitrogens is 1. The highest BCUT2D eigenvalue weighted by Gasteiger charge is 2.12. The molecular weight excluding hydrogens is 234 g/mol. The minimum atomic E-state index is -0.939. The molecule has 0 aliphatic rings.